The van der Waals surface area contributed by atoms with Crippen LogP contribution >= 0.6 is 0 Å². The van der Waals surface area contributed by atoms with Crippen molar-refractivity contribution in [3.05, 3.63) is 59.4 Å². The van der Waals surface area contributed by atoms with Crippen LogP contribution in [0.2, 0.25) is 0 Å². The first kappa shape index (κ1) is 18.9. The Labute approximate surface area is 160 Å². The SMILES string of the molecule is Cc1cccc(NC(=O)N(C)CCc2ccccn2)c1C(=O)N1CCCC1. The van der Waals surface area contributed by atoms with Crippen molar-refractivity contribution in [2.24, 2.45) is 0 Å². The molecule has 0 saturated carbocycles. The van der Waals surface area contributed by atoms with Gasteiger partial charge in [0.1, 0.15) is 0 Å². The fraction of sp³-hybridized carbons (Fsp3) is 0.381. The third-order valence-corrected chi connectivity index (χ3v) is 4.90. The van der Waals surface area contributed by atoms with Crippen LogP contribution in [0.3, 0.4) is 0 Å². The fourth-order valence-corrected chi connectivity index (χ4v) is 3.27. The van der Waals surface area contributed by atoms with E-state index in [1.807, 2.05) is 42.2 Å². The van der Waals surface area contributed by atoms with Crippen molar-refractivity contribution in [1.82, 2.24) is 14.8 Å². The lowest BCUT2D eigenvalue weighted by molar-refractivity contribution is 0.0793. The summed E-state index contributed by atoms with van der Waals surface area (Å²) in [4.78, 5) is 33.3. The molecule has 1 aromatic heterocycles. The molecule has 0 aliphatic carbocycles. The van der Waals surface area contributed by atoms with Crippen molar-refractivity contribution in [3.8, 4) is 0 Å². The van der Waals surface area contributed by atoms with Gasteiger partial charge in [0.15, 0.2) is 0 Å². The summed E-state index contributed by atoms with van der Waals surface area (Å²) in [5.41, 5.74) is 2.98. The van der Waals surface area contributed by atoms with Crippen LogP contribution in [0.4, 0.5) is 10.5 Å². The summed E-state index contributed by atoms with van der Waals surface area (Å²) in [6, 6.07) is 11.1. The lowest BCUT2D eigenvalue weighted by Gasteiger charge is -2.22. The number of hydrogen-bond acceptors (Lipinski definition) is 3. The van der Waals surface area contributed by atoms with Crippen molar-refractivity contribution >= 4 is 17.6 Å². The standard InChI is InChI=1S/C21H26N4O2/c1-16-8-7-10-18(19(16)20(26)25-13-5-6-14-25)23-21(27)24(2)15-11-17-9-3-4-12-22-17/h3-4,7-10,12H,5-6,11,13-15H2,1-2H3,(H,23,27). The Morgan fingerprint density at radius 3 is 2.63 bits per heavy atom. The van der Waals surface area contributed by atoms with Crippen molar-refractivity contribution in [2.45, 2.75) is 26.2 Å². The maximum absolute atomic E-state index is 12.9. The van der Waals surface area contributed by atoms with Crippen molar-refractivity contribution in [1.29, 1.82) is 0 Å². The van der Waals surface area contributed by atoms with Crippen LogP contribution < -0.4 is 5.32 Å². The molecule has 1 saturated heterocycles. The Morgan fingerprint density at radius 2 is 1.93 bits per heavy atom. The smallest absolute Gasteiger partial charge is 0.321 e. The van der Waals surface area contributed by atoms with Crippen molar-refractivity contribution in [3.63, 3.8) is 0 Å². The number of aryl methyl sites for hydroxylation is 1. The molecule has 3 amide bonds. The number of nitrogens with zero attached hydrogens (tertiary/aromatic N) is 3. The molecule has 2 heterocycles. The van der Waals surface area contributed by atoms with Crippen LogP contribution in [-0.2, 0) is 6.42 Å². The number of pyridine rings is 1. The first-order valence-electron chi connectivity index (χ1n) is 9.37. The van der Waals surface area contributed by atoms with Crippen LogP contribution in [0.1, 0.15) is 34.5 Å². The number of amides is 3. The maximum Gasteiger partial charge on any atom is 0.321 e. The second kappa shape index (κ2) is 8.66. The summed E-state index contributed by atoms with van der Waals surface area (Å²) in [6.07, 6.45) is 4.50. The Bertz CT molecular complexity index is 801. The van der Waals surface area contributed by atoms with E-state index in [4.69, 9.17) is 0 Å². The van der Waals surface area contributed by atoms with E-state index in [0.29, 0.717) is 24.2 Å². The van der Waals surface area contributed by atoms with E-state index >= 15 is 0 Å². The number of urea groups is 1. The number of anilines is 1. The van der Waals surface area contributed by atoms with E-state index in [1.165, 1.54) is 0 Å². The summed E-state index contributed by atoms with van der Waals surface area (Å²) < 4.78 is 0. The number of hydrogen-bond donors (Lipinski definition) is 1. The molecule has 1 N–H and O–H groups in total. The number of carbonyl (C=O) groups excluding carboxylic acids is 2. The van der Waals surface area contributed by atoms with E-state index in [-0.39, 0.29) is 11.9 Å². The molecule has 0 unspecified atom stereocenters. The van der Waals surface area contributed by atoms with E-state index in [2.05, 4.69) is 10.3 Å². The highest BCUT2D eigenvalue weighted by Gasteiger charge is 2.24. The summed E-state index contributed by atoms with van der Waals surface area (Å²) in [5.74, 6) is -0.00274. The van der Waals surface area contributed by atoms with Crippen LogP contribution in [0.15, 0.2) is 42.6 Å². The quantitative estimate of drug-likeness (QED) is 0.883. The molecule has 142 valence electrons. The largest absolute Gasteiger partial charge is 0.339 e. The maximum atomic E-state index is 12.9. The topological polar surface area (TPSA) is 65.5 Å². The second-order valence-electron chi connectivity index (χ2n) is 6.92. The summed E-state index contributed by atoms with van der Waals surface area (Å²) in [5, 5.41) is 2.91. The van der Waals surface area contributed by atoms with Crippen LogP contribution in [0.25, 0.3) is 0 Å². The van der Waals surface area contributed by atoms with Gasteiger partial charge in [-0.05, 0) is 43.5 Å². The molecule has 0 bridgehead atoms. The minimum atomic E-state index is -0.230. The zero-order valence-electron chi connectivity index (χ0n) is 15.9. The van der Waals surface area contributed by atoms with Gasteiger partial charge in [-0.25, -0.2) is 4.79 Å². The monoisotopic (exact) mass is 366 g/mol. The normalized spacial score (nSPS) is 13.5. The van der Waals surface area contributed by atoms with Gasteiger partial charge >= 0.3 is 6.03 Å². The molecule has 0 radical (unpaired) electrons. The Morgan fingerprint density at radius 1 is 1.15 bits per heavy atom. The number of carbonyl (C=O) groups is 2. The third-order valence-electron chi connectivity index (χ3n) is 4.90. The molecule has 6 nitrogen and oxygen atoms in total. The van der Waals surface area contributed by atoms with Crippen molar-refractivity contribution < 1.29 is 9.59 Å². The number of likely N-dealkylation sites (tertiary alicyclic amines) is 1. The Kier molecular flexibility index (Phi) is 6.06. The molecule has 0 spiro atoms. The van der Waals surface area contributed by atoms with Gasteiger partial charge in [-0.3, -0.25) is 9.78 Å². The average Bonchev–Trinajstić information content (AvgIpc) is 3.21. The molecule has 1 aliphatic heterocycles. The molecule has 27 heavy (non-hydrogen) atoms. The van der Waals surface area contributed by atoms with E-state index in [1.54, 1.807) is 24.2 Å². The van der Waals surface area contributed by atoms with Crippen LogP contribution in [0, 0.1) is 6.92 Å². The highest BCUT2D eigenvalue weighted by molar-refractivity contribution is 6.04. The summed E-state index contributed by atoms with van der Waals surface area (Å²) in [7, 11) is 1.75. The molecule has 0 atom stereocenters. The number of nitrogens with one attached hydrogen (secondary N) is 1. The highest BCUT2D eigenvalue weighted by atomic mass is 16.2. The molecular formula is C21H26N4O2. The second-order valence-corrected chi connectivity index (χ2v) is 6.92. The van der Waals surface area contributed by atoms with E-state index < -0.39 is 0 Å². The van der Waals surface area contributed by atoms with Gasteiger partial charge in [0, 0.05) is 45.0 Å². The lowest BCUT2D eigenvalue weighted by Crippen LogP contribution is -2.34. The minimum absolute atomic E-state index is 0.00274. The van der Waals surface area contributed by atoms with E-state index in [0.717, 1.165) is 37.2 Å². The van der Waals surface area contributed by atoms with Gasteiger partial charge in [-0.15, -0.1) is 0 Å². The molecule has 2 aromatic rings. The van der Waals surface area contributed by atoms with Gasteiger partial charge in [0.25, 0.3) is 5.91 Å². The van der Waals surface area contributed by atoms with Crippen LogP contribution in [-0.4, -0.2) is 53.4 Å². The first-order valence-corrected chi connectivity index (χ1v) is 9.37. The first-order chi connectivity index (χ1) is 13.1. The molecule has 1 aromatic carbocycles. The molecular weight excluding hydrogens is 340 g/mol. The number of rotatable bonds is 5. The predicted octanol–water partition coefficient (Wildman–Crippen LogP) is 3.33. The van der Waals surface area contributed by atoms with Crippen LogP contribution in [0.5, 0.6) is 0 Å². The number of likely N-dealkylation sites (N-methyl/N-ethyl adjacent to an activating group) is 1. The average molecular weight is 366 g/mol. The fourth-order valence-electron chi connectivity index (χ4n) is 3.27. The number of benzene rings is 1. The minimum Gasteiger partial charge on any atom is -0.339 e. The molecule has 3 rings (SSSR count). The Hall–Kier alpha value is -2.89. The zero-order valence-corrected chi connectivity index (χ0v) is 15.9. The van der Waals surface area contributed by atoms with Gasteiger partial charge in [-0.1, -0.05) is 18.2 Å². The Balaban J connectivity index is 1.68. The third kappa shape index (κ3) is 4.64. The van der Waals surface area contributed by atoms with Gasteiger partial charge in [0.05, 0.1) is 11.3 Å². The molecule has 6 heteroatoms. The number of aromatic nitrogens is 1. The van der Waals surface area contributed by atoms with Crippen molar-refractivity contribution in [2.75, 3.05) is 32.0 Å². The summed E-state index contributed by atoms with van der Waals surface area (Å²) in [6.45, 7) is 4.02. The predicted molar refractivity (Wildman–Crippen MR) is 106 cm³/mol. The molecule has 1 aliphatic rings. The van der Waals surface area contributed by atoms with Gasteiger partial charge in [0.2, 0.25) is 0 Å². The highest BCUT2D eigenvalue weighted by Crippen LogP contribution is 2.24. The zero-order chi connectivity index (χ0) is 19.2. The molecule has 1 fully saturated rings. The lowest BCUT2D eigenvalue weighted by atomic mass is 10.1. The van der Waals surface area contributed by atoms with E-state index in [9.17, 15) is 9.59 Å². The summed E-state index contributed by atoms with van der Waals surface area (Å²) >= 11 is 0. The van der Waals surface area contributed by atoms with Gasteiger partial charge < -0.3 is 15.1 Å². The van der Waals surface area contributed by atoms with Gasteiger partial charge in [-0.2, -0.15) is 0 Å².